The van der Waals surface area contributed by atoms with Crippen molar-refractivity contribution in [1.29, 1.82) is 0 Å². The summed E-state index contributed by atoms with van der Waals surface area (Å²) < 4.78 is 40.5. The first-order valence-corrected chi connectivity index (χ1v) is 10.1. The largest absolute Gasteiger partial charge is 0.354 e. The zero-order valence-electron chi connectivity index (χ0n) is 14.9. The maximum Gasteiger partial charge on any atom is 0.254 e. The molecule has 1 aromatic carbocycles. The molecule has 0 aromatic heterocycles. The number of rotatable bonds is 6. The Morgan fingerprint density at radius 2 is 2.00 bits per heavy atom. The van der Waals surface area contributed by atoms with E-state index >= 15 is 0 Å². The van der Waals surface area contributed by atoms with Gasteiger partial charge in [0.05, 0.1) is 10.5 Å². The third-order valence-corrected chi connectivity index (χ3v) is 6.41. The topological polar surface area (TPSA) is 95.6 Å². The van der Waals surface area contributed by atoms with Gasteiger partial charge in [-0.2, -0.15) is 4.31 Å². The second-order valence-electron chi connectivity index (χ2n) is 6.04. The van der Waals surface area contributed by atoms with Gasteiger partial charge in [0.25, 0.3) is 5.91 Å². The van der Waals surface area contributed by atoms with E-state index in [-0.39, 0.29) is 23.9 Å². The highest BCUT2D eigenvalue weighted by atomic mass is 32.2. The van der Waals surface area contributed by atoms with Crippen LogP contribution in [0.15, 0.2) is 23.1 Å². The molecule has 1 aromatic rings. The quantitative estimate of drug-likeness (QED) is 0.771. The Labute approximate surface area is 153 Å². The van der Waals surface area contributed by atoms with Crippen molar-refractivity contribution in [3.8, 4) is 0 Å². The van der Waals surface area contributed by atoms with Crippen LogP contribution in [-0.4, -0.2) is 50.2 Å². The zero-order valence-corrected chi connectivity index (χ0v) is 15.7. The van der Waals surface area contributed by atoms with Crippen molar-refractivity contribution >= 4 is 21.8 Å². The van der Waals surface area contributed by atoms with E-state index in [0.29, 0.717) is 13.0 Å². The number of sulfonamides is 1. The molecule has 1 aliphatic heterocycles. The summed E-state index contributed by atoms with van der Waals surface area (Å²) in [6.07, 6.45) is 2.02. The van der Waals surface area contributed by atoms with Crippen LogP contribution < -0.4 is 10.6 Å². The molecule has 0 bridgehead atoms. The number of amides is 2. The molecule has 1 aliphatic rings. The summed E-state index contributed by atoms with van der Waals surface area (Å²) in [4.78, 5) is 24.2. The van der Waals surface area contributed by atoms with E-state index in [1.165, 1.54) is 4.31 Å². The fraction of sp³-hybridized carbons (Fsp3) is 0.529. The molecule has 0 radical (unpaired) electrons. The molecule has 1 fully saturated rings. The SMILES string of the molecule is CCN(CC)S(=O)(=O)c1ccc(F)c(C(=O)NC2CCCCNC2=O)c1. The number of benzene rings is 1. The van der Waals surface area contributed by atoms with Gasteiger partial charge in [-0.3, -0.25) is 9.59 Å². The van der Waals surface area contributed by atoms with Crippen molar-refractivity contribution in [2.45, 2.75) is 44.0 Å². The minimum absolute atomic E-state index is 0.155. The molecule has 7 nitrogen and oxygen atoms in total. The monoisotopic (exact) mass is 385 g/mol. The third kappa shape index (κ3) is 4.39. The lowest BCUT2D eigenvalue weighted by molar-refractivity contribution is -0.122. The van der Waals surface area contributed by atoms with E-state index < -0.39 is 33.4 Å². The van der Waals surface area contributed by atoms with Crippen LogP contribution in [0, 0.1) is 5.82 Å². The number of hydrogen-bond acceptors (Lipinski definition) is 4. The maximum atomic E-state index is 14.1. The number of carbonyl (C=O) groups is 2. The predicted octanol–water partition coefficient (Wildman–Crippen LogP) is 1.25. The standard InChI is InChI=1S/C17H24FN3O4S/c1-3-21(4-2)26(24,25)12-8-9-14(18)13(11-12)16(22)20-15-7-5-6-10-19-17(15)23/h8-9,11,15H,3-7,10H2,1-2H3,(H,19,23)(H,20,22). The summed E-state index contributed by atoms with van der Waals surface area (Å²) in [6, 6.07) is 2.36. The first-order chi connectivity index (χ1) is 12.3. The molecule has 1 atom stereocenters. The van der Waals surface area contributed by atoms with Gasteiger partial charge in [0.15, 0.2) is 0 Å². The van der Waals surface area contributed by atoms with Crippen LogP contribution in [0.2, 0.25) is 0 Å². The molecule has 2 N–H and O–H groups in total. The van der Waals surface area contributed by atoms with Crippen LogP contribution in [0.25, 0.3) is 0 Å². The van der Waals surface area contributed by atoms with Crippen molar-refractivity contribution in [3.63, 3.8) is 0 Å². The Balaban J connectivity index is 2.29. The molecule has 1 unspecified atom stereocenters. The van der Waals surface area contributed by atoms with Crippen molar-refractivity contribution in [3.05, 3.63) is 29.6 Å². The van der Waals surface area contributed by atoms with Crippen molar-refractivity contribution in [2.75, 3.05) is 19.6 Å². The molecule has 26 heavy (non-hydrogen) atoms. The van der Waals surface area contributed by atoms with Crippen LogP contribution in [0.5, 0.6) is 0 Å². The highest BCUT2D eigenvalue weighted by Gasteiger charge is 2.27. The van der Waals surface area contributed by atoms with E-state index in [1.54, 1.807) is 13.8 Å². The lowest BCUT2D eigenvalue weighted by atomic mass is 10.1. The molecule has 0 aliphatic carbocycles. The Bertz CT molecular complexity index is 778. The smallest absolute Gasteiger partial charge is 0.254 e. The average Bonchev–Trinajstić information content (AvgIpc) is 2.80. The molecule has 2 amide bonds. The minimum Gasteiger partial charge on any atom is -0.354 e. The molecule has 9 heteroatoms. The van der Waals surface area contributed by atoms with E-state index in [4.69, 9.17) is 0 Å². The molecule has 0 saturated carbocycles. The highest BCUT2D eigenvalue weighted by molar-refractivity contribution is 7.89. The first kappa shape index (κ1) is 20.3. The first-order valence-electron chi connectivity index (χ1n) is 8.69. The Hall–Kier alpha value is -2.00. The lowest BCUT2D eigenvalue weighted by Gasteiger charge is -2.19. The summed E-state index contributed by atoms with van der Waals surface area (Å²) in [6.45, 7) is 4.46. The summed E-state index contributed by atoms with van der Waals surface area (Å²) in [5, 5.41) is 5.18. The molecule has 144 valence electrons. The fourth-order valence-electron chi connectivity index (χ4n) is 2.86. The number of hydrogen-bond donors (Lipinski definition) is 2. The Kier molecular flexibility index (Phi) is 6.71. The van der Waals surface area contributed by atoms with Crippen molar-refractivity contribution in [1.82, 2.24) is 14.9 Å². The summed E-state index contributed by atoms with van der Waals surface area (Å²) in [5.74, 6) is -1.96. The molecule has 0 spiro atoms. The van der Waals surface area contributed by atoms with Gasteiger partial charge in [-0.05, 0) is 37.5 Å². The van der Waals surface area contributed by atoms with Gasteiger partial charge in [-0.1, -0.05) is 13.8 Å². The second-order valence-corrected chi connectivity index (χ2v) is 7.98. The van der Waals surface area contributed by atoms with Gasteiger partial charge in [0, 0.05) is 19.6 Å². The van der Waals surface area contributed by atoms with Gasteiger partial charge in [-0.15, -0.1) is 0 Å². The van der Waals surface area contributed by atoms with E-state index in [0.717, 1.165) is 31.0 Å². The highest BCUT2D eigenvalue weighted by Crippen LogP contribution is 2.19. The van der Waals surface area contributed by atoms with Gasteiger partial charge < -0.3 is 10.6 Å². The zero-order chi connectivity index (χ0) is 19.3. The number of carbonyl (C=O) groups excluding carboxylic acids is 2. The summed E-state index contributed by atoms with van der Waals surface area (Å²) in [5.41, 5.74) is -0.393. The molecule has 1 heterocycles. The van der Waals surface area contributed by atoms with Crippen LogP contribution in [0.1, 0.15) is 43.5 Å². The van der Waals surface area contributed by atoms with Crippen LogP contribution in [0.4, 0.5) is 4.39 Å². The third-order valence-electron chi connectivity index (χ3n) is 4.37. The molecule has 1 saturated heterocycles. The van der Waals surface area contributed by atoms with Gasteiger partial charge in [0.2, 0.25) is 15.9 Å². The lowest BCUT2D eigenvalue weighted by Crippen LogP contribution is -2.45. The van der Waals surface area contributed by atoms with E-state index in [2.05, 4.69) is 10.6 Å². The summed E-state index contributed by atoms with van der Waals surface area (Å²) in [7, 11) is -3.82. The molecular formula is C17H24FN3O4S. The van der Waals surface area contributed by atoms with Crippen LogP contribution >= 0.6 is 0 Å². The van der Waals surface area contributed by atoms with Gasteiger partial charge in [0.1, 0.15) is 11.9 Å². The van der Waals surface area contributed by atoms with Crippen LogP contribution in [-0.2, 0) is 14.8 Å². The number of halogens is 1. The predicted molar refractivity (Wildman–Crippen MR) is 94.6 cm³/mol. The van der Waals surface area contributed by atoms with Crippen molar-refractivity contribution in [2.24, 2.45) is 0 Å². The Morgan fingerprint density at radius 3 is 2.65 bits per heavy atom. The summed E-state index contributed by atoms with van der Waals surface area (Å²) >= 11 is 0. The number of nitrogens with one attached hydrogen (secondary N) is 2. The fourth-order valence-corrected chi connectivity index (χ4v) is 4.35. The Morgan fingerprint density at radius 1 is 1.31 bits per heavy atom. The second kappa shape index (κ2) is 8.59. The maximum absolute atomic E-state index is 14.1. The van der Waals surface area contributed by atoms with Crippen molar-refractivity contribution < 1.29 is 22.4 Å². The molecular weight excluding hydrogens is 361 g/mol. The molecule has 2 rings (SSSR count). The van der Waals surface area contributed by atoms with Gasteiger partial charge >= 0.3 is 0 Å². The normalized spacial score (nSPS) is 18.3. The average molecular weight is 385 g/mol. The van der Waals surface area contributed by atoms with E-state index in [1.807, 2.05) is 0 Å². The van der Waals surface area contributed by atoms with Gasteiger partial charge in [-0.25, -0.2) is 12.8 Å². The number of nitrogens with zero attached hydrogens (tertiary/aromatic N) is 1. The van der Waals surface area contributed by atoms with Crippen LogP contribution in [0.3, 0.4) is 0 Å². The van der Waals surface area contributed by atoms with E-state index in [9.17, 15) is 22.4 Å². The minimum atomic E-state index is -3.82.